The average molecular weight is 429 g/mol. The van der Waals surface area contributed by atoms with E-state index in [1.807, 2.05) is 57.2 Å². The van der Waals surface area contributed by atoms with Crippen molar-refractivity contribution in [3.05, 3.63) is 98.8 Å². The van der Waals surface area contributed by atoms with Crippen molar-refractivity contribution in [2.24, 2.45) is 0 Å². The minimum atomic E-state index is -0.584. The number of fused-ring (bicyclic) bond motifs is 2. The Balaban J connectivity index is 1.72. The molecule has 0 bridgehead atoms. The van der Waals surface area contributed by atoms with Gasteiger partial charge in [0.25, 0.3) is 5.91 Å². The average Bonchev–Trinajstić information content (AvgIpc) is 3.36. The molecule has 0 radical (unpaired) electrons. The zero-order valence-corrected chi connectivity index (χ0v) is 18.2. The lowest BCUT2D eigenvalue weighted by atomic mass is 9.97. The van der Waals surface area contributed by atoms with Gasteiger partial charge < -0.3 is 18.5 Å². The van der Waals surface area contributed by atoms with E-state index >= 15 is 0 Å². The van der Waals surface area contributed by atoms with Crippen LogP contribution in [0.4, 0.5) is 0 Å². The number of nitrogens with zero attached hydrogens (tertiary/aromatic N) is 1. The number of benzene rings is 2. The molecule has 6 nitrogen and oxygen atoms in total. The molecule has 0 spiro atoms. The summed E-state index contributed by atoms with van der Waals surface area (Å²) in [6.07, 6.45) is 1.57. The maximum Gasteiger partial charge on any atom is 0.291 e. The molecule has 0 N–H and O–H groups in total. The third kappa shape index (κ3) is 3.19. The summed E-state index contributed by atoms with van der Waals surface area (Å²) >= 11 is 0. The lowest BCUT2D eigenvalue weighted by molar-refractivity contribution is 0.0701. The Morgan fingerprint density at radius 3 is 2.53 bits per heavy atom. The molecular weight excluding hydrogens is 406 g/mol. The van der Waals surface area contributed by atoms with Crippen molar-refractivity contribution in [1.29, 1.82) is 0 Å². The molecule has 5 rings (SSSR count). The molecule has 0 saturated carbocycles. The summed E-state index contributed by atoms with van der Waals surface area (Å²) in [6.45, 7) is 6.53. The molecule has 0 saturated heterocycles. The van der Waals surface area contributed by atoms with Gasteiger partial charge in [-0.1, -0.05) is 18.2 Å². The molecule has 6 heteroatoms. The van der Waals surface area contributed by atoms with Crippen LogP contribution in [0.3, 0.4) is 0 Å². The van der Waals surface area contributed by atoms with Gasteiger partial charge in [0.1, 0.15) is 17.1 Å². The Bertz CT molecular complexity index is 1370. The van der Waals surface area contributed by atoms with E-state index in [9.17, 15) is 9.59 Å². The molecule has 0 aliphatic carbocycles. The number of rotatable bonds is 5. The normalized spacial score (nSPS) is 15.4. The zero-order valence-electron chi connectivity index (χ0n) is 18.2. The van der Waals surface area contributed by atoms with E-state index in [1.165, 1.54) is 0 Å². The van der Waals surface area contributed by atoms with E-state index in [2.05, 4.69) is 0 Å². The van der Waals surface area contributed by atoms with E-state index < -0.39 is 6.04 Å². The van der Waals surface area contributed by atoms with Gasteiger partial charge in [-0.3, -0.25) is 9.59 Å². The number of carbonyl (C=O) groups excluding carboxylic acids is 1. The third-order valence-electron chi connectivity index (χ3n) is 5.83. The predicted octanol–water partition coefficient (Wildman–Crippen LogP) is 5.15. The smallest absolute Gasteiger partial charge is 0.291 e. The zero-order chi connectivity index (χ0) is 22.4. The van der Waals surface area contributed by atoms with Crippen LogP contribution in [0.15, 0.2) is 68.4 Å². The van der Waals surface area contributed by atoms with Gasteiger partial charge >= 0.3 is 0 Å². The highest BCUT2D eigenvalue weighted by Gasteiger charge is 2.43. The monoisotopic (exact) mass is 429 g/mol. The van der Waals surface area contributed by atoms with Crippen molar-refractivity contribution < 1.29 is 18.4 Å². The standard InChI is InChI=1S/C26H23NO5/c1-4-30-18-9-7-17(8-10-18)23-22-24(28)21-16(3)12-15(2)13-20(21)32-25(22)26(29)27(23)14-19-6-5-11-31-19/h5-13,23H,4,14H2,1-3H3/t23-/m1/s1. The maximum absolute atomic E-state index is 13.7. The van der Waals surface area contributed by atoms with Crippen LogP contribution in [0, 0.1) is 13.8 Å². The molecule has 1 atom stereocenters. The van der Waals surface area contributed by atoms with Crippen LogP contribution in [-0.4, -0.2) is 17.4 Å². The van der Waals surface area contributed by atoms with Gasteiger partial charge in [-0.25, -0.2) is 0 Å². The van der Waals surface area contributed by atoms with E-state index in [0.717, 1.165) is 22.4 Å². The maximum atomic E-state index is 13.7. The topological polar surface area (TPSA) is 72.9 Å². The number of carbonyl (C=O) groups is 1. The number of amides is 1. The first-order valence-electron chi connectivity index (χ1n) is 10.6. The summed E-state index contributed by atoms with van der Waals surface area (Å²) in [5, 5.41) is 0.512. The highest BCUT2D eigenvalue weighted by atomic mass is 16.5. The molecule has 1 aliphatic heterocycles. The van der Waals surface area contributed by atoms with Gasteiger partial charge in [0.15, 0.2) is 5.43 Å². The van der Waals surface area contributed by atoms with Crippen molar-refractivity contribution in [3.63, 3.8) is 0 Å². The third-order valence-corrected chi connectivity index (χ3v) is 5.83. The molecule has 1 aliphatic rings. The van der Waals surface area contributed by atoms with Crippen molar-refractivity contribution in [1.82, 2.24) is 4.90 Å². The van der Waals surface area contributed by atoms with Gasteiger partial charge in [0.05, 0.1) is 36.4 Å². The van der Waals surface area contributed by atoms with Gasteiger partial charge in [0.2, 0.25) is 5.76 Å². The molecule has 1 amide bonds. The fourth-order valence-electron chi connectivity index (χ4n) is 4.51. The Kier molecular flexibility index (Phi) is 4.85. The number of furan rings is 1. The Morgan fingerprint density at radius 2 is 1.84 bits per heavy atom. The summed E-state index contributed by atoms with van der Waals surface area (Å²) in [5.41, 5.74) is 3.24. The Hall–Kier alpha value is -3.80. The molecule has 3 heterocycles. The molecular formula is C26H23NO5. The van der Waals surface area contributed by atoms with Crippen molar-refractivity contribution in [2.45, 2.75) is 33.4 Å². The van der Waals surface area contributed by atoms with Gasteiger partial charge in [-0.05, 0) is 67.8 Å². The number of aryl methyl sites for hydroxylation is 2. The molecule has 162 valence electrons. The first kappa shape index (κ1) is 20.1. The van der Waals surface area contributed by atoms with E-state index in [1.54, 1.807) is 23.3 Å². The van der Waals surface area contributed by atoms with Gasteiger partial charge in [-0.15, -0.1) is 0 Å². The van der Waals surface area contributed by atoms with Crippen LogP contribution in [-0.2, 0) is 6.54 Å². The van der Waals surface area contributed by atoms with E-state index in [0.29, 0.717) is 28.9 Å². The molecule has 2 aromatic carbocycles. The predicted molar refractivity (Wildman–Crippen MR) is 120 cm³/mol. The molecule has 4 aromatic rings. The van der Waals surface area contributed by atoms with Crippen molar-refractivity contribution in [3.8, 4) is 5.75 Å². The van der Waals surface area contributed by atoms with Crippen LogP contribution in [0.2, 0.25) is 0 Å². The molecule has 0 fully saturated rings. The second-order valence-corrected chi connectivity index (χ2v) is 8.05. The second-order valence-electron chi connectivity index (χ2n) is 8.05. The van der Waals surface area contributed by atoms with Crippen LogP contribution in [0.5, 0.6) is 5.75 Å². The van der Waals surface area contributed by atoms with Gasteiger partial charge in [0, 0.05) is 0 Å². The van der Waals surface area contributed by atoms with Crippen LogP contribution in [0.1, 0.15) is 51.5 Å². The Morgan fingerprint density at radius 1 is 1.06 bits per heavy atom. The first-order valence-corrected chi connectivity index (χ1v) is 10.6. The number of hydrogen-bond acceptors (Lipinski definition) is 5. The molecule has 32 heavy (non-hydrogen) atoms. The second kappa shape index (κ2) is 7.71. The van der Waals surface area contributed by atoms with Crippen LogP contribution < -0.4 is 10.2 Å². The fourth-order valence-corrected chi connectivity index (χ4v) is 4.51. The Labute approximate surface area is 185 Å². The van der Waals surface area contributed by atoms with Crippen molar-refractivity contribution >= 4 is 16.9 Å². The summed E-state index contributed by atoms with van der Waals surface area (Å²) in [6, 6.07) is 14.2. The van der Waals surface area contributed by atoms with Crippen LogP contribution in [0.25, 0.3) is 11.0 Å². The van der Waals surface area contributed by atoms with Crippen molar-refractivity contribution in [2.75, 3.05) is 6.61 Å². The summed E-state index contributed by atoms with van der Waals surface area (Å²) in [5.74, 6) is 1.13. The minimum Gasteiger partial charge on any atom is -0.494 e. The highest BCUT2D eigenvalue weighted by molar-refractivity contribution is 5.99. The van der Waals surface area contributed by atoms with E-state index in [-0.39, 0.29) is 23.6 Å². The number of ether oxygens (including phenoxy) is 1. The van der Waals surface area contributed by atoms with Crippen LogP contribution >= 0.6 is 0 Å². The number of hydrogen-bond donors (Lipinski definition) is 0. The largest absolute Gasteiger partial charge is 0.494 e. The quantitative estimate of drug-likeness (QED) is 0.439. The lowest BCUT2D eigenvalue weighted by Crippen LogP contribution is -2.29. The summed E-state index contributed by atoms with van der Waals surface area (Å²) in [7, 11) is 0. The SMILES string of the molecule is CCOc1ccc([C@@H]2c3c(oc4cc(C)cc(C)c4c3=O)C(=O)N2Cc2ccco2)cc1. The lowest BCUT2D eigenvalue weighted by Gasteiger charge is -2.24. The summed E-state index contributed by atoms with van der Waals surface area (Å²) < 4.78 is 17.1. The minimum absolute atomic E-state index is 0.0953. The van der Waals surface area contributed by atoms with E-state index in [4.69, 9.17) is 13.6 Å². The molecule has 0 unspecified atom stereocenters. The highest BCUT2D eigenvalue weighted by Crippen LogP contribution is 2.40. The van der Waals surface area contributed by atoms with Gasteiger partial charge in [-0.2, -0.15) is 0 Å². The fraction of sp³-hybridized carbons (Fsp3) is 0.231. The molecule has 2 aromatic heterocycles. The summed E-state index contributed by atoms with van der Waals surface area (Å²) in [4.78, 5) is 28.8. The first-order chi connectivity index (χ1) is 15.5.